The van der Waals surface area contributed by atoms with E-state index in [9.17, 15) is 0 Å². The zero-order valence-electron chi connectivity index (χ0n) is 10.4. The van der Waals surface area contributed by atoms with Crippen LogP contribution in [-0.4, -0.2) is 18.6 Å². The Kier molecular flexibility index (Phi) is 3.52. The van der Waals surface area contributed by atoms with Crippen molar-refractivity contribution in [1.29, 1.82) is 0 Å². The number of hydrogen-bond donors (Lipinski definition) is 1. The van der Waals surface area contributed by atoms with E-state index in [1.165, 1.54) is 12.8 Å². The largest absolute Gasteiger partial charge is 0.423 e. The normalized spacial score (nSPS) is 10.9. The molecule has 1 heterocycles. The third kappa shape index (κ3) is 2.70. The van der Waals surface area contributed by atoms with Gasteiger partial charge in [0.25, 0.3) is 6.01 Å². The topological polar surface area (TPSA) is 55.3 Å². The first kappa shape index (κ1) is 11.8. The summed E-state index contributed by atoms with van der Waals surface area (Å²) < 4.78 is 5.67. The second-order valence-electron chi connectivity index (χ2n) is 4.35. The van der Waals surface area contributed by atoms with Crippen molar-refractivity contribution in [1.82, 2.24) is 4.98 Å². The Morgan fingerprint density at radius 3 is 2.94 bits per heavy atom. The quantitative estimate of drug-likeness (QED) is 0.637. The van der Waals surface area contributed by atoms with E-state index in [0.29, 0.717) is 11.7 Å². The minimum atomic E-state index is 0.668. The summed E-state index contributed by atoms with van der Waals surface area (Å²) in [5.74, 6) is 0. The lowest BCUT2D eigenvalue weighted by Crippen LogP contribution is -2.18. The third-order valence-corrected chi connectivity index (χ3v) is 2.82. The summed E-state index contributed by atoms with van der Waals surface area (Å²) in [6.07, 6.45) is 3.61. The van der Waals surface area contributed by atoms with Gasteiger partial charge in [-0.15, -0.1) is 0 Å². The molecular weight excluding hydrogens is 214 g/mol. The lowest BCUT2D eigenvalue weighted by molar-refractivity contribution is 0.572. The van der Waals surface area contributed by atoms with E-state index in [1.807, 2.05) is 30.1 Å². The molecule has 17 heavy (non-hydrogen) atoms. The molecule has 0 bridgehead atoms. The Morgan fingerprint density at radius 2 is 2.18 bits per heavy atom. The molecule has 4 heteroatoms. The summed E-state index contributed by atoms with van der Waals surface area (Å²) in [5.41, 5.74) is 8.04. The number of nitrogen functional groups attached to an aromatic ring is 1. The molecule has 0 amide bonds. The van der Waals surface area contributed by atoms with Crippen molar-refractivity contribution in [3.05, 3.63) is 18.2 Å². The Hall–Kier alpha value is -1.71. The van der Waals surface area contributed by atoms with Gasteiger partial charge in [-0.05, 0) is 24.6 Å². The molecule has 2 rings (SSSR count). The maximum atomic E-state index is 5.71. The van der Waals surface area contributed by atoms with Gasteiger partial charge in [0.15, 0.2) is 5.58 Å². The monoisotopic (exact) mass is 233 g/mol. The van der Waals surface area contributed by atoms with Gasteiger partial charge < -0.3 is 15.1 Å². The van der Waals surface area contributed by atoms with E-state index >= 15 is 0 Å². The van der Waals surface area contributed by atoms with Crippen LogP contribution in [0, 0.1) is 0 Å². The summed E-state index contributed by atoms with van der Waals surface area (Å²) >= 11 is 0. The minimum absolute atomic E-state index is 0.668. The maximum absolute atomic E-state index is 5.71. The van der Waals surface area contributed by atoms with Crippen LogP contribution in [0.4, 0.5) is 11.7 Å². The molecule has 92 valence electrons. The molecule has 1 aromatic heterocycles. The van der Waals surface area contributed by atoms with Crippen molar-refractivity contribution in [3.63, 3.8) is 0 Å². The van der Waals surface area contributed by atoms with Gasteiger partial charge in [-0.1, -0.05) is 19.8 Å². The average Bonchev–Trinajstić information content (AvgIpc) is 2.72. The summed E-state index contributed by atoms with van der Waals surface area (Å²) in [4.78, 5) is 6.48. The number of nitrogens with zero attached hydrogens (tertiary/aromatic N) is 2. The zero-order chi connectivity index (χ0) is 12.3. The van der Waals surface area contributed by atoms with E-state index in [2.05, 4.69) is 11.9 Å². The van der Waals surface area contributed by atoms with E-state index in [4.69, 9.17) is 10.2 Å². The molecule has 2 N–H and O–H groups in total. The van der Waals surface area contributed by atoms with Crippen LogP contribution in [-0.2, 0) is 0 Å². The minimum Gasteiger partial charge on any atom is -0.423 e. The summed E-state index contributed by atoms with van der Waals surface area (Å²) in [6.45, 7) is 3.17. The predicted molar refractivity (Wildman–Crippen MR) is 71.2 cm³/mol. The van der Waals surface area contributed by atoms with Crippen LogP contribution in [0.25, 0.3) is 11.1 Å². The molecule has 0 saturated carbocycles. The van der Waals surface area contributed by atoms with Crippen LogP contribution in [0.3, 0.4) is 0 Å². The standard InChI is InChI=1S/C13H19N3O/c1-3-4-5-8-16(2)13-15-11-9-10(14)6-7-12(11)17-13/h6-7,9H,3-5,8,14H2,1-2H3. The van der Waals surface area contributed by atoms with E-state index in [1.54, 1.807) is 0 Å². The van der Waals surface area contributed by atoms with Crippen LogP contribution in [0.2, 0.25) is 0 Å². The van der Waals surface area contributed by atoms with E-state index in [-0.39, 0.29) is 0 Å². The van der Waals surface area contributed by atoms with Gasteiger partial charge in [-0.3, -0.25) is 0 Å². The first-order valence-corrected chi connectivity index (χ1v) is 6.08. The number of benzene rings is 1. The number of oxazole rings is 1. The van der Waals surface area contributed by atoms with Gasteiger partial charge in [0.05, 0.1) is 0 Å². The number of rotatable bonds is 5. The lowest BCUT2D eigenvalue weighted by Gasteiger charge is -2.13. The van der Waals surface area contributed by atoms with Crippen LogP contribution in [0.5, 0.6) is 0 Å². The number of hydrogen-bond acceptors (Lipinski definition) is 4. The van der Waals surface area contributed by atoms with Crippen molar-refractivity contribution in [2.24, 2.45) is 0 Å². The molecule has 0 saturated heterocycles. The van der Waals surface area contributed by atoms with E-state index in [0.717, 1.165) is 24.1 Å². The van der Waals surface area contributed by atoms with Crippen LogP contribution < -0.4 is 10.6 Å². The molecule has 0 aliphatic heterocycles. The molecular formula is C13H19N3O. The van der Waals surface area contributed by atoms with Gasteiger partial charge in [0, 0.05) is 19.3 Å². The highest BCUT2D eigenvalue weighted by molar-refractivity contribution is 5.78. The number of aromatic nitrogens is 1. The van der Waals surface area contributed by atoms with Gasteiger partial charge in [-0.25, -0.2) is 0 Å². The average molecular weight is 233 g/mol. The summed E-state index contributed by atoms with van der Waals surface area (Å²) in [5, 5.41) is 0. The van der Waals surface area contributed by atoms with Crippen molar-refractivity contribution < 1.29 is 4.42 Å². The lowest BCUT2D eigenvalue weighted by atomic mass is 10.2. The molecule has 0 atom stereocenters. The zero-order valence-corrected chi connectivity index (χ0v) is 10.4. The smallest absolute Gasteiger partial charge is 0.298 e. The summed E-state index contributed by atoms with van der Waals surface area (Å²) in [7, 11) is 2.00. The maximum Gasteiger partial charge on any atom is 0.298 e. The number of anilines is 2. The highest BCUT2D eigenvalue weighted by Gasteiger charge is 2.09. The second-order valence-corrected chi connectivity index (χ2v) is 4.35. The molecule has 2 aromatic rings. The van der Waals surface area contributed by atoms with Gasteiger partial charge >= 0.3 is 0 Å². The van der Waals surface area contributed by atoms with Crippen molar-refractivity contribution in [2.45, 2.75) is 26.2 Å². The van der Waals surface area contributed by atoms with Gasteiger partial charge in [-0.2, -0.15) is 4.98 Å². The van der Waals surface area contributed by atoms with Gasteiger partial charge in [0.2, 0.25) is 0 Å². The fourth-order valence-corrected chi connectivity index (χ4v) is 1.79. The highest BCUT2D eigenvalue weighted by atomic mass is 16.4. The van der Waals surface area contributed by atoms with Crippen molar-refractivity contribution in [2.75, 3.05) is 24.2 Å². The summed E-state index contributed by atoms with van der Waals surface area (Å²) in [6, 6.07) is 6.19. The number of fused-ring (bicyclic) bond motifs is 1. The van der Waals surface area contributed by atoms with Gasteiger partial charge in [0.1, 0.15) is 5.52 Å². The first-order valence-electron chi connectivity index (χ1n) is 6.08. The fourth-order valence-electron chi connectivity index (χ4n) is 1.79. The predicted octanol–water partition coefficient (Wildman–Crippen LogP) is 3.04. The molecule has 0 unspecified atom stereocenters. The Morgan fingerprint density at radius 1 is 1.35 bits per heavy atom. The molecule has 0 radical (unpaired) electrons. The van der Waals surface area contributed by atoms with Crippen LogP contribution in [0.15, 0.2) is 22.6 Å². The fraction of sp³-hybridized carbons (Fsp3) is 0.462. The highest BCUT2D eigenvalue weighted by Crippen LogP contribution is 2.23. The Bertz CT molecular complexity index is 492. The molecule has 0 aliphatic rings. The van der Waals surface area contributed by atoms with Crippen molar-refractivity contribution >= 4 is 22.8 Å². The SMILES string of the molecule is CCCCCN(C)c1nc2cc(N)ccc2o1. The van der Waals surface area contributed by atoms with Crippen LogP contribution >= 0.6 is 0 Å². The van der Waals surface area contributed by atoms with Crippen LogP contribution in [0.1, 0.15) is 26.2 Å². The molecule has 4 nitrogen and oxygen atoms in total. The molecule has 0 aliphatic carbocycles. The Balaban J connectivity index is 2.12. The molecule has 1 aromatic carbocycles. The Labute approximate surface area is 101 Å². The molecule has 0 fully saturated rings. The van der Waals surface area contributed by atoms with E-state index < -0.39 is 0 Å². The first-order chi connectivity index (χ1) is 8.20. The number of nitrogens with two attached hydrogens (primary N) is 1. The third-order valence-electron chi connectivity index (χ3n) is 2.82. The second kappa shape index (κ2) is 5.08. The molecule has 0 spiro atoms. The van der Waals surface area contributed by atoms with Crippen molar-refractivity contribution in [3.8, 4) is 0 Å². The number of unbranched alkanes of at least 4 members (excludes halogenated alkanes) is 2.